The molecule has 1 heterocycles. The molecule has 1 saturated heterocycles. The van der Waals surface area contributed by atoms with Crippen LogP contribution in [0.25, 0.3) is 0 Å². The van der Waals surface area contributed by atoms with Gasteiger partial charge in [0.05, 0.1) is 15.7 Å². The van der Waals surface area contributed by atoms with Crippen molar-refractivity contribution in [3.8, 4) is 0 Å². The second kappa shape index (κ2) is 8.95. The predicted octanol–water partition coefficient (Wildman–Crippen LogP) is 3.00. The van der Waals surface area contributed by atoms with Crippen LogP contribution in [0.2, 0.25) is 0 Å². The number of benzene rings is 2. The van der Waals surface area contributed by atoms with Gasteiger partial charge in [-0.1, -0.05) is 12.1 Å². The van der Waals surface area contributed by atoms with E-state index in [0.29, 0.717) is 38.2 Å². The van der Waals surface area contributed by atoms with Gasteiger partial charge < -0.3 is 9.80 Å². The van der Waals surface area contributed by atoms with E-state index < -0.39 is 20.9 Å². The summed E-state index contributed by atoms with van der Waals surface area (Å²) in [5.41, 5.74) is 0.422. The standard InChI is InChI=1S/C22H25FN2O4S/c1-16(2)30(28,29)18-10-8-17(9-11-18)21(26)24-12-5-13-25(15-14-24)22(27)19-6-3-4-7-20(19)23/h3-4,6-11,16H,5,12-15H2,1-2H3. The Kier molecular flexibility index (Phi) is 6.55. The van der Waals surface area contributed by atoms with Crippen molar-refractivity contribution >= 4 is 21.7 Å². The van der Waals surface area contributed by atoms with Crippen LogP contribution in [0.15, 0.2) is 53.4 Å². The number of hydrogen-bond acceptors (Lipinski definition) is 4. The van der Waals surface area contributed by atoms with Crippen LogP contribution in [0.5, 0.6) is 0 Å². The first-order valence-corrected chi connectivity index (χ1v) is 11.4. The van der Waals surface area contributed by atoms with Gasteiger partial charge in [0, 0.05) is 31.7 Å². The van der Waals surface area contributed by atoms with E-state index in [9.17, 15) is 22.4 Å². The van der Waals surface area contributed by atoms with Crippen LogP contribution in [0.3, 0.4) is 0 Å². The number of rotatable bonds is 4. The summed E-state index contributed by atoms with van der Waals surface area (Å²) in [6.07, 6.45) is 0.575. The molecule has 0 radical (unpaired) electrons. The molecule has 0 atom stereocenters. The maximum atomic E-state index is 13.9. The molecule has 0 bridgehead atoms. The predicted molar refractivity (Wildman–Crippen MR) is 112 cm³/mol. The Morgan fingerprint density at radius 3 is 2.00 bits per heavy atom. The van der Waals surface area contributed by atoms with Crippen LogP contribution < -0.4 is 0 Å². The van der Waals surface area contributed by atoms with E-state index >= 15 is 0 Å². The van der Waals surface area contributed by atoms with E-state index in [4.69, 9.17) is 0 Å². The highest BCUT2D eigenvalue weighted by Gasteiger charge is 2.25. The summed E-state index contributed by atoms with van der Waals surface area (Å²) < 4.78 is 38.4. The molecule has 0 unspecified atom stereocenters. The van der Waals surface area contributed by atoms with Gasteiger partial charge in [-0.2, -0.15) is 0 Å². The highest BCUT2D eigenvalue weighted by Crippen LogP contribution is 2.18. The van der Waals surface area contributed by atoms with Gasteiger partial charge in [-0.05, 0) is 56.7 Å². The number of carbonyl (C=O) groups is 2. The monoisotopic (exact) mass is 432 g/mol. The molecular weight excluding hydrogens is 407 g/mol. The van der Waals surface area contributed by atoms with Crippen LogP contribution >= 0.6 is 0 Å². The molecule has 2 amide bonds. The summed E-state index contributed by atoms with van der Waals surface area (Å²) in [6.45, 7) is 4.75. The van der Waals surface area contributed by atoms with Crippen LogP contribution in [-0.4, -0.2) is 61.5 Å². The Labute approximate surface area is 176 Å². The number of halogens is 1. The van der Waals surface area contributed by atoms with Crippen LogP contribution in [0.1, 0.15) is 41.0 Å². The molecule has 2 aromatic carbocycles. The summed E-state index contributed by atoms with van der Waals surface area (Å²) in [6, 6.07) is 11.8. The molecule has 1 fully saturated rings. The van der Waals surface area contributed by atoms with E-state index in [1.54, 1.807) is 29.7 Å². The van der Waals surface area contributed by atoms with Gasteiger partial charge in [0.15, 0.2) is 9.84 Å². The van der Waals surface area contributed by atoms with Gasteiger partial charge in [0.1, 0.15) is 5.82 Å². The molecule has 0 aliphatic carbocycles. The number of amides is 2. The fourth-order valence-electron chi connectivity index (χ4n) is 3.37. The van der Waals surface area contributed by atoms with Gasteiger partial charge in [0.2, 0.25) is 0 Å². The van der Waals surface area contributed by atoms with E-state index in [-0.39, 0.29) is 22.3 Å². The van der Waals surface area contributed by atoms with Crippen LogP contribution in [0.4, 0.5) is 4.39 Å². The van der Waals surface area contributed by atoms with E-state index in [1.165, 1.54) is 42.5 Å². The zero-order valence-electron chi connectivity index (χ0n) is 17.0. The minimum Gasteiger partial charge on any atom is -0.337 e. The summed E-state index contributed by atoms with van der Waals surface area (Å²) in [7, 11) is -3.40. The number of sulfone groups is 1. The smallest absolute Gasteiger partial charge is 0.256 e. The molecule has 160 valence electrons. The van der Waals surface area contributed by atoms with Gasteiger partial charge in [-0.25, -0.2) is 12.8 Å². The molecule has 3 rings (SSSR count). The SMILES string of the molecule is CC(C)S(=O)(=O)c1ccc(C(=O)N2CCCN(C(=O)c3ccccc3F)CC2)cc1. The van der Waals surface area contributed by atoms with Gasteiger partial charge >= 0.3 is 0 Å². The lowest BCUT2D eigenvalue weighted by atomic mass is 10.2. The molecular formula is C22H25FN2O4S. The van der Waals surface area contributed by atoms with Crippen LogP contribution in [0, 0.1) is 5.82 Å². The van der Waals surface area contributed by atoms with Crippen LogP contribution in [-0.2, 0) is 9.84 Å². The molecule has 6 nitrogen and oxygen atoms in total. The Bertz CT molecular complexity index is 1040. The summed E-state index contributed by atoms with van der Waals surface area (Å²) >= 11 is 0. The zero-order chi connectivity index (χ0) is 21.9. The van der Waals surface area contributed by atoms with Gasteiger partial charge in [-0.15, -0.1) is 0 Å². The first-order chi connectivity index (χ1) is 14.2. The van der Waals surface area contributed by atoms with Crippen molar-refractivity contribution in [2.75, 3.05) is 26.2 Å². The molecule has 0 saturated carbocycles. The zero-order valence-corrected chi connectivity index (χ0v) is 17.9. The van der Waals surface area contributed by atoms with Gasteiger partial charge in [0.25, 0.3) is 11.8 Å². The molecule has 2 aromatic rings. The Morgan fingerprint density at radius 1 is 0.867 bits per heavy atom. The summed E-state index contributed by atoms with van der Waals surface area (Å²) in [5.74, 6) is -1.16. The van der Waals surface area contributed by atoms with Crippen molar-refractivity contribution < 1.29 is 22.4 Å². The molecule has 1 aliphatic heterocycles. The quantitative estimate of drug-likeness (QED) is 0.744. The maximum Gasteiger partial charge on any atom is 0.256 e. The molecule has 0 spiro atoms. The Balaban J connectivity index is 1.69. The average Bonchev–Trinajstić information content (AvgIpc) is 2.99. The molecule has 0 aromatic heterocycles. The summed E-state index contributed by atoms with van der Waals surface area (Å²) in [5, 5.41) is -0.539. The van der Waals surface area contributed by atoms with Crippen molar-refractivity contribution in [3.63, 3.8) is 0 Å². The van der Waals surface area contributed by atoms with Crippen molar-refractivity contribution in [2.45, 2.75) is 30.4 Å². The van der Waals surface area contributed by atoms with Gasteiger partial charge in [-0.3, -0.25) is 9.59 Å². The number of hydrogen-bond donors (Lipinski definition) is 0. The van der Waals surface area contributed by atoms with Crippen molar-refractivity contribution in [3.05, 3.63) is 65.5 Å². The maximum absolute atomic E-state index is 13.9. The highest BCUT2D eigenvalue weighted by atomic mass is 32.2. The first kappa shape index (κ1) is 22.0. The third-order valence-electron chi connectivity index (χ3n) is 5.22. The van der Waals surface area contributed by atoms with E-state index in [2.05, 4.69) is 0 Å². The van der Waals surface area contributed by atoms with E-state index in [1.807, 2.05) is 0 Å². The minimum absolute atomic E-state index is 0.0271. The van der Waals surface area contributed by atoms with E-state index in [0.717, 1.165) is 0 Å². The van der Waals surface area contributed by atoms with Crippen molar-refractivity contribution in [1.82, 2.24) is 9.80 Å². The van der Waals surface area contributed by atoms with Crippen molar-refractivity contribution in [2.24, 2.45) is 0 Å². The third-order valence-corrected chi connectivity index (χ3v) is 7.40. The molecule has 30 heavy (non-hydrogen) atoms. The highest BCUT2D eigenvalue weighted by molar-refractivity contribution is 7.92. The fourth-order valence-corrected chi connectivity index (χ4v) is 4.43. The number of nitrogens with zero attached hydrogens (tertiary/aromatic N) is 2. The fraction of sp³-hybridized carbons (Fsp3) is 0.364. The largest absolute Gasteiger partial charge is 0.337 e. The van der Waals surface area contributed by atoms with Crippen molar-refractivity contribution in [1.29, 1.82) is 0 Å². The third kappa shape index (κ3) is 4.53. The normalized spacial score (nSPS) is 15.2. The molecule has 1 aliphatic rings. The average molecular weight is 433 g/mol. The lowest BCUT2D eigenvalue weighted by Crippen LogP contribution is -2.37. The lowest BCUT2D eigenvalue weighted by Gasteiger charge is -2.22. The summed E-state index contributed by atoms with van der Waals surface area (Å²) in [4.78, 5) is 28.9. The second-order valence-corrected chi connectivity index (χ2v) is 10.0. The molecule has 0 N–H and O–H groups in total. The second-order valence-electron chi connectivity index (χ2n) is 7.54. The Morgan fingerprint density at radius 2 is 1.43 bits per heavy atom. The number of carbonyl (C=O) groups excluding carboxylic acids is 2. The first-order valence-electron chi connectivity index (χ1n) is 9.89. The lowest BCUT2D eigenvalue weighted by molar-refractivity contribution is 0.0716. The molecule has 8 heteroatoms. The minimum atomic E-state index is -3.40. The topological polar surface area (TPSA) is 74.8 Å². The Hall–Kier alpha value is -2.74.